The van der Waals surface area contributed by atoms with Gasteiger partial charge in [-0.05, 0) is 75.2 Å². The monoisotopic (exact) mass is 462 g/mol. The average Bonchev–Trinajstić information content (AvgIpc) is 3.17. The molecule has 1 aromatic carbocycles. The van der Waals surface area contributed by atoms with Crippen LogP contribution in [0.15, 0.2) is 30.3 Å². The van der Waals surface area contributed by atoms with E-state index in [4.69, 9.17) is 14.9 Å². The molecule has 1 fully saturated rings. The molecule has 1 unspecified atom stereocenters. The van der Waals surface area contributed by atoms with Gasteiger partial charge in [-0.15, -0.1) is 0 Å². The van der Waals surface area contributed by atoms with Crippen molar-refractivity contribution in [2.24, 2.45) is 5.73 Å². The van der Waals surface area contributed by atoms with E-state index in [1.807, 2.05) is 13.8 Å². The van der Waals surface area contributed by atoms with Crippen molar-refractivity contribution < 1.29 is 17.9 Å². The fourth-order valence-corrected chi connectivity index (χ4v) is 5.70. The van der Waals surface area contributed by atoms with Crippen LogP contribution in [0.4, 0.5) is 8.78 Å². The second-order valence-corrected chi connectivity index (χ2v) is 15.5. The van der Waals surface area contributed by atoms with Crippen molar-refractivity contribution in [1.82, 2.24) is 4.98 Å². The van der Waals surface area contributed by atoms with Gasteiger partial charge in [-0.3, -0.25) is 0 Å². The van der Waals surface area contributed by atoms with E-state index in [-0.39, 0.29) is 23.1 Å². The minimum absolute atomic E-state index is 0.0383. The molecule has 2 heterocycles. The van der Waals surface area contributed by atoms with Crippen LogP contribution in [0.5, 0.6) is 0 Å². The van der Waals surface area contributed by atoms with Crippen molar-refractivity contribution in [2.45, 2.75) is 76.8 Å². The minimum atomic E-state index is -2.22. The molecule has 7 heteroatoms. The molecule has 2 N–H and O–H groups in total. The maximum atomic E-state index is 16.0. The number of hydrogen-bond acceptors (Lipinski definition) is 4. The number of aromatic nitrogens is 1. The maximum Gasteiger partial charge on any atom is 0.193 e. The first-order chi connectivity index (χ1) is 14.7. The highest BCUT2D eigenvalue weighted by Gasteiger charge is 2.44. The number of rotatable bonds is 6. The smallest absolute Gasteiger partial charge is 0.193 e. The van der Waals surface area contributed by atoms with E-state index in [2.05, 4.69) is 38.8 Å². The van der Waals surface area contributed by atoms with Gasteiger partial charge >= 0.3 is 0 Å². The molecule has 1 aromatic heterocycles. The number of benzene rings is 1. The average molecular weight is 463 g/mol. The van der Waals surface area contributed by atoms with E-state index in [0.717, 1.165) is 6.42 Å². The Morgan fingerprint density at radius 3 is 2.25 bits per heavy atom. The third-order valence-corrected chi connectivity index (χ3v) is 11.6. The first-order valence-electron chi connectivity index (χ1n) is 11.2. The van der Waals surface area contributed by atoms with Crippen LogP contribution < -0.4 is 5.73 Å². The summed E-state index contributed by atoms with van der Waals surface area (Å²) in [5.41, 5.74) is 6.13. The summed E-state index contributed by atoms with van der Waals surface area (Å²) >= 11 is 0. The normalized spacial score (nSPS) is 20.1. The van der Waals surface area contributed by atoms with E-state index in [1.165, 1.54) is 12.1 Å². The number of ether oxygens (including phenoxy) is 1. The first-order valence-corrected chi connectivity index (χ1v) is 14.1. The summed E-state index contributed by atoms with van der Waals surface area (Å²) in [6, 6.07) is 7.46. The summed E-state index contributed by atoms with van der Waals surface area (Å²) in [6.45, 7) is 15.4. The first kappa shape index (κ1) is 25.0. The molecule has 0 bridgehead atoms. The summed E-state index contributed by atoms with van der Waals surface area (Å²) < 4.78 is 42.3. The van der Waals surface area contributed by atoms with E-state index < -0.39 is 25.3 Å². The Hall–Kier alpha value is -1.67. The summed E-state index contributed by atoms with van der Waals surface area (Å²) in [5, 5.41) is -0.0383. The predicted octanol–water partition coefficient (Wildman–Crippen LogP) is 6.25. The molecule has 2 aromatic rings. The van der Waals surface area contributed by atoms with Crippen molar-refractivity contribution in [1.29, 1.82) is 0 Å². The molecule has 1 saturated heterocycles. The number of pyridine rings is 1. The number of nitrogens with zero attached hydrogens (tertiary/aromatic N) is 1. The highest BCUT2D eigenvalue weighted by molar-refractivity contribution is 6.74. The molecular formula is C25H36F2N2O2Si. The van der Waals surface area contributed by atoms with Gasteiger partial charge in [0, 0.05) is 24.3 Å². The topological polar surface area (TPSA) is 57.4 Å². The fourth-order valence-electron chi connectivity index (χ4n) is 4.01. The zero-order valence-electron chi connectivity index (χ0n) is 20.3. The Bertz CT molecular complexity index is 963. The van der Waals surface area contributed by atoms with Gasteiger partial charge in [-0.2, -0.15) is 0 Å². The lowest BCUT2D eigenvalue weighted by Gasteiger charge is -2.43. The van der Waals surface area contributed by atoms with Crippen LogP contribution in [0.2, 0.25) is 18.1 Å². The molecule has 0 aliphatic carbocycles. The van der Waals surface area contributed by atoms with Crippen molar-refractivity contribution in [3.05, 3.63) is 53.2 Å². The van der Waals surface area contributed by atoms with Crippen molar-refractivity contribution >= 4 is 8.32 Å². The zero-order valence-corrected chi connectivity index (χ0v) is 21.3. The Morgan fingerprint density at radius 2 is 1.75 bits per heavy atom. The van der Waals surface area contributed by atoms with Crippen LogP contribution in [0.3, 0.4) is 0 Å². The largest absolute Gasteiger partial charge is 0.408 e. The molecule has 0 amide bonds. The Kier molecular flexibility index (Phi) is 6.70. The number of hydrogen-bond donors (Lipinski definition) is 1. The lowest BCUT2D eigenvalue weighted by atomic mass is 9.89. The van der Waals surface area contributed by atoms with Crippen molar-refractivity contribution in [3.63, 3.8) is 0 Å². The third-order valence-electron chi connectivity index (χ3n) is 6.94. The Labute approximate surface area is 191 Å². The molecule has 1 atom stereocenters. The van der Waals surface area contributed by atoms with Crippen LogP contribution in [0, 0.1) is 11.6 Å². The van der Waals surface area contributed by atoms with E-state index in [0.29, 0.717) is 29.8 Å². The van der Waals surface area contributed by atoms with Gasteiger partial charge in [-0.1, -0.05) is 20.8 Å². The molecule has 32 heavy (non-hydrogen) atoms. The van der Waals surface area contributed by atoms with Gasteiger partial charge < -0.3 is 14.9 Å². The zero-order chi connectivity index (χ0) is 23.9. The van der Waals surface area contributed by atoms with Gasteiger partial charge in [0.25, 0.3) is 0 Å². The minimum Gasteiger partial charge on any atom is -0.408 e. The van der Waals surface area contributed by atoms with E-state index in [9.17, 15) is 4.39 Å². The molecule has 3 rings (SSSR count). The SMILES string of the molecule is CC(C)(O[Si](C)(C)C(C)(C)C)c1cc(C2(CN)CCCO2)nc(-c2ccc(F)cc2)c1F. The van der Waals surface area contributed by atoms with Crippen LogP contribution in [-0.4, -0.2) is 26.5 Å². The van der Waals surface area contributed by atoms with Gasteiger partial charge in [0.1, 0.15) is 17.1 Å². The van der Waals surface area contributed by atoms with Gasteiger partial charge in [0.05, 0.1) is 11.3 Å². The molecule has 0 spiro atoms. The molecular weight excluding hydrogens is 426 g/mol. The predicted molar refractivity (Wildman–Crippen MR) is 127 cm³/mol. The molecule has 0 saturated carbocycles. The van der Waals surface area contributed by atoms with E-state index in [1.54, 1.807) is 18.2 Å². The highest BCUT2D eigenvalue weighted by Crippen LogP contribution is 2.44. The fraction of sp³-hybridized carbons (Fsp3) is 0.560. The van der Waals surface area contributed by atoms with Gasteiger partial charge in [-0.25, -0.2) is 13.8 Å². The Morgan fingerprint density at radius 1 is 1.12 bits per heavy atom. The second-order valence-electron chi connectivity index (χ2n) is 10.7. The van der Waals surface area contributed by atoms with Crippen molar-refractivity contribution in [3.8, 4) is 11.3 Å². The lowest BCUT2D eigenvalue weighted by Crippen LogP contribution is -2.46. The van der Waals surface area contributed by atoms with Crippen LogP contribution in [0.1, 0.15) is 58.7 Å². The van der Waals surface area contributed by atoms with Gasteiger partial charge in [0.15, 0.2) is 14.1 Å². The Balaban J connectivity index is 2.21. The van der Waals surface area contributed by atoms with Crippen LogP contribution in [-0.2, 0) is 20.4 Å². The quantitative estimate of drug-likeness (QED) is 0.516. The summed E-state index contributed by atoms with van der Waals surface area (Å²) in [4.78, 5) is 4.67. The summed E-state index contributed by atoms with van der Waals surface area (Å²) in [7, 11) is -2.22. The standard InChI is InChI=1S/C25H36F2N2O2Si/c1-23(2,3)32(6,7)31-24(4,5)19-15-20(25(16-28)13-8-14-30-25)29-22(21(19)27)17-9-11-18(26)12-10-17/h9-12,15H,8,13-14,16,28H2,1-7H3. The third kappa shape index (κ3) is 4.67. The second kappa shape index (κ2) is 8.59. The van der Waals surface area contributed by atoms with Crippen LogP contribution >= 0.6 is 0 Å². The highest BCUT2D eigenvalue weighted by atomic mass is 28.4. The van der Waals surface area contributed by atoms with Crippen molar-refractivity contribution in [2.75, 3.05) is 13.2 Å². The maximum absolute atomic E-state index is 16.0. The molecule has 1 aliphatic rings. The number of nitrogens with two attached hydrogens (primary N) is 1. The molecule has 0 radical (unpaired) electrons. The molecule has 1 aliphatic heterocycles. The number of halogens is 2. The molecule has 4 nitrogen and oxygen atoms in total. The summed E-state index contributed by atoms with van der Waals surface area (Å²) in [6.07, 6.45) is 1.58. The summed E-state index contributed by atoms with van der Waals surface area (Å²) in [5.74, 6) is -0.848. The van der Waals surface area contributed by atoms with Gasteiger partial charge in [0.2, 0.25) is 0 Å². The molecule has 176 valence electrons. The van der Waals surface area contributed by atoms with Crippen LogP contribution in [0.25, 0.3) is 11.3 Å². The van der Waals surface area contributed by atoms with E-state index >= 15 is 4.39 Å². The lowest BCUT2D eigenvalue weighted by molar-refractivity contribution is 0.00388.